The molecule has 0 aromatic rings. The van der Waals surface area contributed by atoms with Crippen molar-refractivity contribution in [3.63, 3.8) is 0 Å². The van der Waals surface area contributed by atoms with Gasteiger partial charge in [0.25, 0.3) is 0 Å². The zero-order valence-electron chi connectivity index (χ0n) is 7.06. The molecule has 0 atom stereocenters. The second-order valence-corrected chi connectivity index (χ2v) is 3.97. The summed E-state index contributed by atoms with van der Waals surface area (Å²) in [6, 6.07) is 0. The first kappa shape index (κ1) is 10.9. The Balaban J connectivity index is 3.80. The molecule has 0 rings (SSSR count). The van der Waals surface area contributed by atoms with Crippen LogP contribution < -0.4 is 0 Å². The van der Waals surface area contributed by atoms with Crippen LogP contribution in [-0.4, -0.2) is 16.0 Å². The number of esters is 1. The molecule has 0 unspecified atom stereocenters. The van der Waals surface area contributed by atoms with Gasteiger partial charge in [-0.3, -0.25) is 0 Å². The minimum atomic E-state index is -0.382. The number of rotatable bonds is 2. The molecule has 0 aromatic heterocycles. The van der Waals surface area contributed by atoms with Crippen molar-refractivity contribution in [3.8, 4) is 0 Å². The average molecular weight is 268 g/mol. The fourth-order valence-electron chi connectivity index (χ4n) is 0.477. The Kier molecular flexibility index (Phi) is 4.72. The van der Waals surface area contributed by atoms with E-state index in [1.165, 1.54) is 6.08 Å². The van der Waals surface area contributed by atoms with Crippen LogP contribution in [0.5, 0.6) is 0 Å². The molecule has 0 saturated heterocycles. The van der Waals surface area contributed by atoms with Crippen molar-refractivity contribution in [1.82, 2.24) is 0 Å². The molecule has 0 aliphatic rings. The van der Waals surface area contributed by atoms with Crippen LogP contribution in [0.4, 0.5) is 0 Å². The lowest BCUT2D eigenvalue weighted by molar-refractivity contribution is -0.148. The summed E-state index contributed by atoms with van der Waals surface area (Å²) < 4.78 is 5.84. The summed E-state index contributed by atoms with van der Waals surface area (Å²) in [5.74, 6) is -0.269. The molecular weight excluding hydrogens is 255 g/mol. The maximum absolute atomic E-state index is 10.9. The third-order valence-electron chi connectivity index (χ3n) is 0.750. The lowest BCUT2D eigenvalue weighted by Gasteiger charge is -2.17. The number of carbonyl (C=O) groups excluding carboxylic acids is 1. The summed E-state index contributed by atoms with van der Waals surface area (Å²) in [4.78, 5) is 10.9. The van der Waals surface area contributed by atoms with Crippen molar-refractivity contribution in [1.29, 1.82) is 0 Å². The van der Waals surface area contributed by atoms with Crippen LogP contribution in [-0.2, 0) is 9.53 Å². The highest BCUT2D eigenvalue weighted by Gasteiger charge is 2.13. The van der Waals surface area contributed by atoms with Gasteiger partial charge in [-0.1, -0.05) is 28.7 Å². The fourth-order valence-corrected chi connectivity index (χ4v) is 0.731. The number of allylic oxidation sites excluding steroid dienone is 1. The number of hydrogen-bond donors (Lipinski definition) is 0. The van der Waals surface area contributed by atoms with E-state index in [2.05, 4.69) is 22.6 Å². The molecular formula is C8H13IO2. The summed E-state index contributed by atoms with van der Waals surface area (Å²) in [5.41, 5.74) is -0.382. The standard InChI is InChI=1S/C8H13IO2/c1-8(2,3)11-7(10)5-4-6-9/h4-5H,6H2,1-3H3. The molecule has 0 spiro atoms. The van der Waals surface area contributed by atoms with Crippen LogP contribution in [0.15, 0.2) is 12.2 Å². The van der Waals surface area contributed by atoms with Crippen molar-refractivity contribution >= 4 is 28.6 Å². The van der Waals surface area contributed by atoms with Crippen LogP contribution in [0, 0.1) is 0 Å². The molecule has 0 radical (unpaired) electrons. The molecule has 0 bridgehead atoms. The molecule has 64 valence electrons. The van der Waals surface area contributed by atoms with Crippen LogP contribution in [0.1, 0.15) is 20.8 Å². The zero-order chi connectivity index (χ0) is 8.91. The van der Waals surface area contributed by atoms with Gasteiger partial charge in [-0.2, -0.15) is 0 Å². The van der Waals surface area contributed by atoms with E-state index in [0.717, 1.165) is 4.43 Å². The minimum Gasteiger partial charge on any atom is -0.457 e. The van der Waals surface area contributed by atoms with Gasteiger partial charge in [0.05, 0.1) is 0 Å². The van der Waals surface area contributed by atoms with E-state index in [9.17, 15) is 4.79 Å². The van der Waals surface area contributed by atoms with Crippen LogP contribution in [0.3, 0.4) is 0 Å². The minimum absolute atomic E-state index is 0.269. The molecule has 0 aliphatic heterocycles. The SMILES string of the molecule is CC(C)(C)OC(=O)C=CCI. The highest BCUT2D eigenvalue weighted by molar-refractivity contribution is 14.1. The largest absolute Gasteiger partial charge is 0.457 e. The first-order valence-corrected chi connectivity index (χ1v) is 4.94. The van der Waals surface area contributed by atoms with Crippen molar-refractivity contribution in [3.05, 3.63) is 12.2 Å². The summed E-state index contributed by atoms with van der Waals surface area (Å²) in [6.07, 6.45) is 3.23. The van der Waals surface area contributed by atoms with Crippen LogP contribution >= 0.6 is 22.6 Å². The molecule has 0 fully saturated rings. The molecule has 0 amide bonds. The van der Waals surface area contributed by atoms with E-state index < -0.39 is 0 Å². The molecule has 0 saturated carbocycles. The third-order valence-corrected chi connectivity index (χ3v) is 1.26. The molecule has 0 aromatic carbocycles. The summed E-state index contributed by atoms with van der Waals surface area (Å²) in [7, 11) is 0. The van der Waals surface area contributed by atoms with Crippen LogP contribution in [0.25, 0.3) is 0 Å². The van der Waals surface area contributed by atoms with Gasteiger partial charge in [-0.15, -0.1) is 0 Å². The Hall–Kier alpha value is -0.0600. The fraction of sp³-hybridized carbons (Fsp3) is 0.625. The van der Waals surface area contributed by atoms with Crippen molar-refractivity contribution in [2.24, 2.45) is 0 Å². The van der Waals surface area contributed by atoms with Gasteiger partial charge < -0.3 is 4.74 Å². The van der Waals surface area contributed by atoms with Gasteiger partial charge in [0.15, 0.2) is 0 Å². The highest BCUT2D eigenvalue weighted by Crippen LogP contribution is 2.06. The van der Waals surface area contributed by atoms with Gasteiger partial charge in [-0.25, -0.2) is 4.79 Å². The van der Waals surface area contributed by atoms with E-state index in [-0.39, 0.29) is 11.6 Å². The lowest BCUT2D eigenvalue weighted by atomic mass is 10.2. The molecule has 2 nitrogen and oxygen atoms in total. The van der Waals surface area contributed by atoms with Gasteiger partial charge >= 0.3 is 5.97 Å². The second-order valence-electron chi connectivity index (χ2n) is 3.09. The second kappa shape index (κ2) is 4.74. The van der Waals surface area contributed by atoms with Gasteiger partial charge in [0.2, 0.25) is 0 Å². The summed E-state index contributed by atoms with van der Waals surface area (Å²) in [6.45, 7) is 5.55. The smallest absolute Gasteiger partial charge is 0.330 e. The third kappa shape index (κ3) is 7.84. The van der Waals surface area contributed by atoms with Crippen molar-refractivity contribution < 1.29 is 9.53 Å². The van der Waals surface area contributed by atoms with Gasteiger partial charge in [0.1, 0.15) is 5.60 Å². The van der Waals surface area contributed by atoms with Crippen LogP contribution in [0.2, 0.25) is 0 Å². The number of alkyl halides is 1. The molecule has 3 heteroatoms. The Morgan fingerprint density at radius 1 is 1.55 bits per heavy atom. The van der Waals surface area contributed by atoms with Crippen molar-refractivity contribution in [2.75, 3.05) is 4.43 Å². The first-order valence-electron chi connectivity index (χ1n) is 3.41. The van der Waals surface area contributed by atoms with E-state index >= 15 is 0 Å². The first-order chi connectivity index (χ1) is 4.95. The highest BCUT2D eigenvalue weighted by atomic mass is 127. The molecule has 0 aliphatic carbocycles. The number of halogens is 1. The Labute approximate surface area is 81.1 Å². The Bertz CT molecular complexity index is 156. The maximum atomic E-state index is 10.9. The number of carbonyl (C=O) groups is 1. The quantitative estimate of drug-likeness (QED) is 0.332. The monoisotopic (exact) mass is 268 g/mol. The number of hydrogen-bond acceptors (Lipinski definition) is 2. The molecule has 11 heavy (non-hydrogen) atoms. The predicted octanol–water partition coefficient (Wildman–Crippen LogP) is 2.32. The normalized spacial score (nSPS) is 12.0. The number of ether oxygens (including phenoxy) is 1. The van der Waals surface area contributed by atoms with E-state index in [1.54, 1.807) is 6.08 Å². The van der Waals surface area contributed by atoms with E-state index in [1.807, 2.05) is 20.8 Å². The van der Waals surface area contributed by atoms with E-state index in [4.69, 9.17) is 4.74 Å². The Morgan fingerprint density at radius 3 is 2.45 bits per heavy atom. The maximum Gasteiger partial charge on any atom is 0.330 e. The van der Waals surface area contributed by atoms with E-state index in [0.29, 0.717) is 0 Å². The van der Waals surface area contributed by atoms with Crippen molar-refractivity contribution in [2.45, 2.75) is 26.4 Å². The summed E-state index contributed by atoms with van der Waals surface area (Å²) >= 11 is 2.16. The summed E-state index contributed by atoms with van der Waals surface area (Å²) in [5, 5.41) is 0. The zero-order valence-corrected chi connectivity index (χ0v) is 9.21. The lowest BCUT2D eigenvalue weighted by Crippen LogP contribution is -2.22. The van der Waals surface area contributed by atoms with Gasteiger partial charge in [-0.05, 0) is 20.8 Å². The molecule has 0 heterocycles. The van der Waals surface area contributed by atoms with Gasteiger partial charge in [0, 0.05) is 10.5 Å². The molecule has 0 N–H and O–H groups in total. The average Bonchev–Trinajstić information content (AvgIpc) is 1.79. The predicted molar refractivity (Wildman–Crippen MR) is 53.9 cm³/mol. The Morgan fingerprint density at radius 2 is 2.09 bits per heavy atom. The topological polar surface area (TPSA) is 26.3 Å².